The van der Waals surface area contributed by atoms with E-state index in [4.69, 9.17) is 19.2 Å². The third-order valence-corrected chi connectivity index (χ3v) is 5.75. The van der Waals surface area contributed by atoms with Crippen LogP contribution in [0.1, 0.15) is 46.1 Å². The van der Waals surface area contributed by atoms with E-state index in [9.17, 15) is 4.79 Å². The molecule has 1 aliphatic carbocycles. The van der Waals surface area contributed by atoms with Gasteiger partial charge in [0.2, 0.25) is 5.90 Å². The lowest BCUT2D eigenvalue weighted by molar-refractivity contribution is -0.156. The van der Waals surface area contributed by atoms with Crippen LogP contribution in [0, 0.1) is 5.92 Å². The van der Waals surface area contributed by atoms with Crippen molar-refractivity contribution in [2.75, 3.05) is 6.61 Å². The molecule has 138 valence electrons. The zero-order valence-electron chi connectivity index (χ0n) is 15.7. The van der Waals surface area contributed by atoms with Gasteiger partial charge in [-0.25, -0.2) is 9.79 Å². The predicted molar refractivity (Wildman–Crippen MR) is 97.8 cm³/mol. The molecule has 1 spiro atoms. The van der Waals surface area contributed by atoms with Gasteiger partial charge in [0.15, 0.2) is 11.3 Å². The van der Waals surface area contributed by atoms with Crippen LogP contribution in [0.2, 0.25) is 0 Å². The summed E-state index contributed by atoms with van der Waals surface area (Å²) < 4.78 is 17.6. The van der Waals surface area contributed by atoms with Crippen LogP contribution in [0.5, 0.6) is 0 Å². The lowest BCUT2D eigenvalue weighted by atomic mass is 9.69. The first kappa shape index (κ1) is 17.4. The number of hydrogen-bond donors (Lipinski definition) is 0. The van der Waals surface area contributed by atoms with Crippen molar-refractivity contribution in [3.8, 4) is 0 Å². The highest BCUT2D eigenvalue weighted by molar-refractivity contribution is 6.08. The second-order valence-electron chi connectivity index (χ2n) is 8.01. The Morgan fingerprint density at radius 3 is 2.50 bits per heavy atom. The summed E-state index contributed by atoms with van der Waals surface area (Å²) in [6.45, 7) is 8.48. The fourth-order valence-electron chi connectivity index (χ4n) is 4.19. The minimum atomic E-state index is -0.927. The molecule has 0 bridgehead atoms. The van der Waals surface area contributed by atoms with E-state index in [1.165, 1.54) is 11.1 Å². The van der Waals surface area contributed by atoms with Crippen LogP contribution >= 0.6 is 0 Å². The molecule has 26 heavy (non-hydrogen) atoms. The summed E-state index contributed by atoms with van der Waals surface area (Å²) in [6, 6.07) is 9.59. The average molecular weight is 355 g/mol. The van der Waals surface area contributed by atoms with Gasteiger partial charge in [0.05, 0.1) is 12.7 Å². The number of esters is 1. The third kappa shape index (κ3) is 2.79. The summed E-state index contributed by atoms with van der Waals surface area (Å²) in [4.78, 5) is 17.9. The Kier molecular flexibility index (Phi) is 4.04. The molecule has 0 amide bonds. The van der Waals surface area contributed by atoms with Crippen LogP contribution in [-0.4, -0.2) is 35.9 Å². The van der Waals surface area contributed by atoms with Gasteiger partial charge in [-0.05, 0) is 46.2 Å². The summed E-state index contributed by atoms with van der Waals surface area (Å²) in [5.74, 6) is -0.598. The molecule has 0 aromatic heterocycles. The molecule has 3 atom stereocenters. The molecule has 0 unspecified atom stereocenters. The van der Waals surface area contributed by atoms with Gasteiger partial charge in [-0.2, -0.15) is 0 Å². The van der Waals surface area contributed by atoms with Gasteiger partial charge >= 0.3 is 5.97 Å². The molecule has 1 saturated heterocycles. The molecule has 0 N–H and O–H groups in total. The highest BCUT2D eigenvalue weighted by Crippen LogP contribution is 2.47. The molecule has 2 heterocycles. The number of benzene rings is 1. The van der Waals surface area contributed by atoms with Crippen molar-refractivity contribution in [3.63, 3.8) is 0 Å². The maximum atomic E-state index is 13.1. The van der Waals surface area contributed by atoms with Crippen LogP contribution in [0.3, 0.4) is 0 Å². The van der Waals surface area contributed by atoms with E-state index in [-0.39, 0.29) is 18.0 Å². The molecular formula is C21H25NO4. The molecule has 1 aromatic rings. The monoisotopic (exact) mass is 355 g/mol. The number of carbonyl (C=O) groups excluding carboxylic acids is 1. The van der Waals surface area contributed by atoms with Crippen molar-refractivity contribution in [2.45, 2.75) is 58.0 Å². The zero-order chi connectivity index (χ0) is 18.5. The van der Waals surface area contributed by atoms with Gasteiger partial charge < -0.3 is 14.2 Å². The molecule has 1 fully saturated rings. The summed E-state index contributed by atoms with van der Waals surface area (Å²) >= 11 is 0. The Balaban J connectivity index is 1.75. The summed E-state index contributed by atoms with van der Waals surface area (Å²) in [7, 11) is 0. The standard InChI is InChI=1S/C21H25NO4/c1-13-10-16(17-12-24-20(3,4)26-17)21(11-14(13)2)19(23)25-18(22-21)15-8-6-5-7-9-15/h5-9,16-17H,10-12H2,1-4H3/t16-,17+,21+/m0/s1. The van der Waals surface area contributed by atoms with Gasteiger partial charge in [0, 0.05) is 17.9 Å². The van der Waals surface area contributed by atoms with E-state index < -0.39 is 11.3 Å². The minimum absolute atomic E-state index is 0.0957. The quantitative estimate of drug-likeness (QED) is 0.600. The van der Waals surface area contributed by atoms with E-state index in [0.717, 1.165) is 12.0 Å². The molecule has 3 aliphatic rings. The smallest absolute Gasteiger partial charge is 0.341 e. The van der Waals surface area contributed by atoms with E-state index in [1.807, 2.05) is 44.2 Å². The fraction of sp³-hybridized carbons (Fsp3) is 0.524. The Morgan fingerprint density at radius 2 is 1.85 bits per heavy atom. The van der Waals surface area contributed by atoms with E-state index in [2.05, 4.69) is 13.8 Å². The summed E-state index contributed by atoms with van der Waals surface area (Å²) in [6.07, 6.45) is 1.15. The van der Waals surface area contributed by atoms with Gasteiger partial charge in [0.25, 0.3) is 0 Å². The van der Waals surface area contributed by atoms with Gasteiger partial charge in [0.1, 0.15) is 0 Å². The maximum absolute atomic E-state index is 13.1. The highest BCUT2D eigenvalue weighted by atomic mass is 16.7. The number of hydrogen-bond acceptors (Lipinski definition) is 5. The number of rotatable bonds is 2. The minimum Gasteiger partial charge on any atom is -0.405 e. The Labute approximate surface area is 154 Å². The van der Waals surface area contributed by atoms with Crippen molar-refractivity contribution >= 4 is 11.9 Å². The van der Waals surface area contributed by atoms with Gasteiger partial charge in [-0.15, -0.1) is 0 Å². The zero-order valence-corrected chi connectivity index (χ0v) is 15.7. The largest absolute Gasteiger partial charge is 0.405 e. The number of ether oxygens (including phenoxy) is 3. The topological polar surface area (TPSA) is 57.1 Å². The van der Waals surface area contributed by atoms with E-state index >= 15 is 0 Å². The van der Waals surface area contributed by atoms with Crippen LogP contribution in [0.4, 0.5) is 0 Å². The van der Waals surface area contributed by atoms with Crippen LogP contribution in [0.25, 0.3) is 0 Å². The lowest BCUT2D eigenvalue weighted by Gasteiger charge is -2.39. The highest BCUT2D eigenvalue weighted by Gasteiger charge is 2.58. The maximum Gasteiger partial charge on any atom is 0.341 e. The first-order chi connectivity index (χ1) is 12.3. The lowest BCUT2D eigenvalue weighted by Crippen LogP contribution is -2.50. The van der Waals surface area contributed by atoms with Crippen LogP contribution < -0.4 is 0 Å². The van der Waals surface area contributed by atoms with Crippen molar-refractivity contribution in [1.29, 1.82) is 0 Å². The van der Waals surface area contributed by atoms with Crippen molar-refractivity contribution < 1.29 is 19.0 Å². The van der Waals surface area contributed by atoms with Crippen LogP contribution in [0.15, 0.2) is 46.5 Å². The van der Waals surface area contributed by atoms with E-state index in [0.29, 0.717) is 18.9 Å². The summed E-state index contributed by atoms with van der Waals surface area (Å²) in [5, 5.41) is 0. The second-order valence-corrected chi connectivity index (χ2v) is 8.01. The van der Waals surface area contributed by atoms with Crippen molar-refractivity contribution in [2.24, 2.45) is 10.9 Å². The Hall–Kier alpha value is -1.98. The average Bonchev–Trinajstić information content (AvgIpc) is 3.12. The Bertz CT molecular complexity index is 795. The molecule has 4 rings (SSSR count). The molecule has 5 nitrogen and oxygen atoms in total. The van der Waals surface area contributed by atoms with Crippen LogP contribution in [-0.2, 0) is 19.0 Å². The number of cyclic esters (lactones) is 1. The number of carbonyl (C=O) groups is 1. The fourth-order valence-corrected chi connectivity index (χ4v) is 4.19. The Morgan fingerprint density at radius 1 is 1.12 bits per heavy atom. The van der Waals surface area contributed by atoms with Gasteiger partial charge in [-0.1, -0.05) is 29.3 Å². The molecule has 0 saturated carbocycles. The second kappa shape index (κ2) is 6.03. The number of aliphatic imine (C=N–C) groups is 1. The molecule has 5 heteroatoms. The predicted octanol–water partition coefficient (Wildman–Crippen LogP) is 3.63. The first-order valence-corrected chi connectivity index (χ1v) is 9.15. The molecule has 1 aromatic carbocycles. The normalized spacial score (nSPS) is 33.5. The SMILES string of the molecule is CC1=C(C)C[C@@]2(N=C(c3ccccc3)OC2=O)[C@H]([C@H]2COC(C)(C)O2)C1. The molecule has 2 aliphatic heterocycles. The molecular weight excluding hydrogens is 330 g/mol. The molecule has 0 radical (unpaired) electrons. The van der Waals surface area contributed by atoms with E-state index in [1.54, 1.807) is 0 Å². The summed E-state index contributed by atoms with van der Waals surface area (Å²) in [5.41, 5.74) is 2.40. The number of allylic oxidation sites excluding steroid dienone is 1. The van der Waals surface area contributed by atoms with Crippen molar-refractivity contribution in [3.05, 3.63) is 47.0 Å². The van der Waals surface area contributed by atoms with Crippen molar-refractivity contribution in [1.82, 2.24) is 0 Å². The number of nitrogens with zero attached hydrogens (tertiary/aromatic N) is 1. The first-order valence-electron chi connectivity index (χ1n) is 9.15. The third-order valence-electron chi connectivity index (χ3n) is 5.75. The van der Waals surface area contributed by atoms with Gasteiger partial charge in [-0.3, -0.25) is 0 Å².